The minimum absolute atomic E-state index is 0.718. The van der Waals surface area contributed by atoms with E-state index in [9.17, 15) is 0 Å². The number of hydrogen-bond donors (Lipinski definition) is 1. The zero-order chi connectivity index (χ0) is 16.5. The summed E-state index contributed by atoms with van der Waals surface area (Å²) in [5, 5.41) is 3.41. The van der Waals surface area contributed by atoms with Crippen LogP contribution in [0.5, 0.6) is 5.75 Å². The van der Waals surface area contributed by atoms with Crippen LogP contribution in [0.2, 0.25) is 0 Å². The number of ether oxygens (including phenoxy) is 1. The van der Waals surface area contributed by atoms with Gasteiger partial charge in [0.2, 0.25) is 0 Å². The quantitative estimate of drug-likeness (QED) is 0.757. The monoisotopic (exact) mass is 319 g/mol. The lowest BCUT2D eigenvalue weighted by Gasteiger charge is -2.31. The van der Waals surface area contributed by atoms with Gasteiger partial charge in [-0.25, -0.2) is 0 Å². The van der Waals surface area contributed by atoms with E-state index in [0.29, 0.717) is 0 Å². The van der Waals surface area contributed by atoms with Gasteiger partial charge < -0.3 is 15.0 Å². The Labute approximate surface area is 141 Å². The Hall–Kier alpha value is -1.26. The summed E-state index contributed by atoms with van der Waals surface area (Å²) in [6.07, 6.45) is 2.41. The van der Waals surface area contributed by atoms with Gasteiger partial charge >= 0.3 is 0 Å². The van der Waals surface area contributed by atoms with Crippen LogP contribution in [0.1, 0.15) is 39.2 Å². The van der Waals surface area contributed by atoms with Crippen molar-refractivity contribution in [3.8, 4) is 5.75 Å². The van der Waals surface area contributed by atoms with E-state index in [4.69, 9.17) is 4.74 Å². The van der Waals surface area contributed by atoms with Gasteiger partial charge in [-0.3, -0.25) is 4.90 Å². The van der Waals surface area contributed by atoms with Crippen LogP contribution in [0.3, 0.4) is 0 Å². The molecule has 0 atom stereocenters. The fourth-order valence-electron chi connectivity index (χ4n) is 3.26. The molecule has 0 aliphatic carbocycles. The second-order valence-corrected chi connectivity index (χ2v) is 6.25. The summed E-state index contributed by atoms with van der Waals surface area (Å²) in [6.45, 7) is 14.8. The van der Waals surface area contributed by atoms with Crippen molar-refractivity contribution in [3.05, 3.63) is 23.8 Å². The molecule has 0 radical (unpaired) electrons. The summed E-state index contributed by atoms with van der Waals surface area (Å²) in [6, 6.07) is 6.78. The molecule has 0 bridgehead atoms. The Morgan fingerprint density at radius 1 is 1.09 bits per heavy atom. The summed E-state index contributed by atoms with van der Waals surface area (Å²) < 4.78 is 5.95. The maximum absolute atomic E-state index is 5.95. The lowest BCUT2D eigenvalue weighted by molar-refractivity contribution is 0.265. The summed E-state index contributed by atoms with van der Waals surface area (Å²) in [7, 11) is 0. The molecule has 4 nitrogen and oxygen atoms in total. The van der Waals surface area contributed by atoms with E-state index in [1.807, 2.05) is 0 Å². The maximum Gasteiger partial charge on any atom is 0.142 e. The van der Waals surface area contributed by atoms with E-state index >= 15 is 0 Å². The molecule has 1 aliphatic heterocycles. The SMILES string of the molecule is CCCN(CCC)Cc1ccc(N2CCNCC2)c(OCC)c1. The van der Waals surface area contributed by atoms with Crippen LogP contribution < -0.4 is 15.0 Å². The van der Waals surface area contributed by atoms with E-state index in [0.717, 1.165) is 58.2 Å². The molecule has 23 heavy (non-hydrogen) atoms. The first kappa shape index (κ1) is 18.1. The topological polar surface area (TPSA) is 27.7 Å². The molecule has 1 aliphatic rings. The highest BCUT2D eigenvalue weighted by molar-refractivity contribution is 5.60. The third-order valence-electron chi connectivity index (χ3n) is 4.27. The van der Waals surface area contributed by atoms with E-state index in [1.54, 1.807) is 0 Å². The molecule has 1 aromatic rings. The molecule has 1 saturated heterocycles. The van der Waals surface area contributed by atoms with Gasteiger partial charge in [-0.2, -0.15) is 0 Å². The molecule has 0 spiro atoms. The number of benzene rings is 1. The van der Waals surface area contributed by atoms with Gasteiger partial charge in [-0.05, 0) is 50.6 Å². The lowest BCUT2D eigenvalue weighted by Crippen LogP contribution is -2.43. The van der Waals surface area contributed by atoms with Crippen molar-refractivity contribution in [3.63, 3.8) is 0 Å². The van der Waals surface area contributed by atoms with Gasteiger partial charge in [-0.15, -0.1) is 0 Å². The van der Waals surface area contributed by atoms with Gasteiger partial charge in [-0.1, -0.05) is 19.9 Å². The Morgan fingerprint density at radius 2 is 1.78 bits per heavy atom. The van der Waals surface area contributed by atoms with Crippen LogP contribution in [0, 0.1) is 0 Å². The molecule has 0 saturated carbocycles. The van der Waals surface area contributed by atoms with Crippen LogP contribution in [0.4, 0.5) is 5.69 Å². The molecular weight excluding hydrogens is 286 g/mol. The Balaban J connectivity index is 2.13. The fraction of sp³-hybridized carbons (Fsp3) is 0.684. The number of nitrogens with one attached hydrogen (secondary N) is 1. The van der Waals surface area contributed by atoms with Crippen LogP contribution in [0.15, 0.2) is 18.2 Å². The molecule has 1 aromatic carbocycles. The average molecular weight is 319 g/mol. The Morgan fingerprint density at radius 3 is 2.39 bits per heavy atom. The Bertz CT molecular complexity index is 452. The summed E-state index contributed by atoms with van der Waals surface area (Å²) in [5.41, 5.74) is 2.60. The molecular formula is C19H33N3O. The molecule has 0 aromatic heterocycles. The van der Waals surface area contributed by atoms with Gasteiger partial charge in [0.25, 0.3) is 0 Å². The summed E-state index contributed by atoms with van der Waals surface area (Å²) >= 11 is 0. The van der Waals surface area contributed by atoms with E-state index in [2.05, 4.69) is 54.1 Å². The van der Waals surface area contributed by atoms with Crippen LogP contribution >= 0.6 is 0 Å². The normalized spacial score (nSPS) is 15.2. The zero-order valence-electron chi connectivity index (χ0n) is 15.1. The Kier molecular flexibility index (Phi) is 7.69. The molecule has 0 amide bonds. The van der Waals surface area contributed by atoms with Gasteiger partial charge in [0.05, 0.1) is 12.3 Å². The zero-order valence-corrected chi connectivity index (χ0v) is 15.1. The highest BCUT2D eigenvalue weighted by Crippen LogP contribution is 2.30. The predicted molar refractivity (Wildman–Crippen MR) is 98.6 cm³/mol. The maximum atomic E-state index is 5.95. The fourth-order valence-corrected chi connectivity index (χ4v) is 3.26. The van der Waals surface area contributed by atoms with E-state index in [1.165, 1.54) is 24.1 Å². The number of rotatable bonds is 9. The number of anilines is 1. The first-order valence-corrected chi connectivity index (χ1v) is 9.22. The van der Waals surface area contributed by atoms with Crippen molar-refractivity contribution in [1.82, 2.24) is 10.2 Å². The summed E-state index contributed by atoms with van der Waals surface area (Å²) in [4.78, 5) is 4.97. The predicted octanol–water partition coefficient (Wildman–Crippen LogP) is 3.12. The van der Waals surface area contributed by atoms with Gasteiger partial charge in [0, 0.05) is 32.7 Å². The molecule has 1 N–H and O–H groups in total. The highest BCUT2D eigenvalue weighted by atomic mass is 16.5. The number of nitrogens with zero attached hydrogens (tertiary/aromatic N) is 2. The molecule has 2 rings (SSSR count). The average Bonchev–Trinajstić information content (AvgIpc) is 2.57. The van der Waals surface area contributed by atoms with Crippen molar-refractivity contribution in [2.45, 2.75) is 40.2 Å². The minimum atomic E-state index is 0.718. The van der Waals surface area contributed by atoms with Gasteiger partial charge in [0.15, 0.2) is 0 Å². The van der Waals surface area contributed by atoms with Gasteiger partial charge in [0.1, 0.15) is 5.75 Å². The standard InChI is InChI=1S/C19H33N3O/c1-4-11-21(12-5-2)16-17-7-8-18(19(15-17)23-6-3)22-13-9-20-10-14-22/h7-8,15,20H,4-6,9-14,16H2,1-3H3. The second kappa shape index (κ2) is 9.78. The van der Waals surface area contributed by atoms with Crippen LogP contribution in [-0.4, -0.2) is 50.8 Å². The third-order valence-corrected chi connectivity index (χ3v) is 4.27. The smallest absolute Gasteiger partial charge is 0.142 e. The number of piperazine rings is 1. The van der Waals surface area contributed by atoms with Crippen LogP contribution in [-0.2, 0) is 6.54 Å². The largest absolute Gasteiger partial charge is 0.492 e. The highest BCUT2D eigenvalue weighted by Gasteiger charge is 2.16. The molecule has 1 heterocycles. The number of hydrogen-bond acceptors (Lipinski definition) is 4. The van der Waals surface area contributed by atoms with Crippen molar-refractivity contribution in [2.24, 2.45) is 0 Å². The molecule has 130 valence electrons. The second-order valence-electron chi connectivity index (χ2n) is 6.25. The van der Waals surface area contributed by atoms with E-state index in [-0.39, 0.29) is 0 Å². The van der Waals surface area contributed by atoms with Crippen molar-refractivity contribution in [2.75, 3.05) is 50.8 Å². The first-order chi connectivity index (χ1) is 11.3. The van der Waals surface area contributed by atoms with Crippen molar-refractivity contribution < 1.29 is 4.74 Å². The lowest BCUT2D eigenvalue weighted by atomic mass is 10.1. The molecule has 0 unspecified atom stereocenters. The van der Waals surface area contributed by atoms with Crippen molar-refractivity contribution >= 4 is 5.69 Å². The molecule has 1 fully saturated rings. The molecule has 4 heteroatoms. The van der Waals surface area contributed by atoms with Crippen LogP contribution in [0.25, 0.3) is 0 Å². The van der Waals surface area contributed by atoms with Crippen molar-refractivity contribution in [1.29, 1.82) is 0 Å². The summed E-state index contributed by atoms with van der Waals surface area (Å²) in [5.74, 6) is 1.04. The van der Waals surface area contributed by atoms with E-state index < -0.39 is 0 Å². The first-order valence-electron chi connectivity index (χ1n) is 9.22. The third kappa shape index (κ3) is 5.40. The minimum Gasteiger partial charge on any atom is -0.492 e.